The predicted octanol–water partition coefficient (Wildman–Crippen LogP) is 1.01. The first-order chi connectivity index (χ1) is 6.66. The van der Waals surface area contributed by atoms with Crippen LogP contribution < -0.4 is 5.32 Å². The number of aliphatic carboxylic acids is 1. The summed E-state index contributed by atoms with van der Waals surface area (Å²) < 4.78 is 0. The Morgan fingerprint density at radius 2 is 2.00 bits per heavy atom. The normalized spacial score (nSPS) is 26.1. The maximum atomic E-state index is 11.5. The summed E-state index contributed by atoms with van der Waals surface area (Å²) in [7, 11) is 0. The fourth-order valence-electron chi connectivity index (χ4n) is 1.95. The minimum atomic E-state index is -0.834. The van der Waals surface area contributed by atoms with Gasteiger partial charge < -0.3 is 10.4 Å². The molecule has 0 aromatic heterocycles. The molecule has 80 valence electrons. The van der Waals surface area contributed by atoms with E-state index in [0.29, 0.717) is 19.4 Å². The summed E-state index contributed by atoms with van der Waals surface area (Å²) in [5.41, 5.74) is 0. The van der Waals surface area contributed by atoms with Gasteiger partial charge in [0.15, 0.2) is 0 Å². The Hall–Kier alpha value is -1.06. The van der Waals surface area contributed by atoms with Crippen molar-refractivity contribution in [3.63, 3.8) is 0 Å². The summed E-state index contributed by atoms with van der Waals surface area (Å²) in [6.45, 7) is 2.62. The number of carbonyl (C=O) groups is 2. The van der Waals surface area contributed by atoms with Gasteiger partial charge in [-0.05, 0) is 19.3 Å². The average molecular weight is 199 g/mol. The number of hydrogen-bond acceptors (Lipinski definition) is 2. The van der Waals surface area contributed by atoms with Gasteiger partial charge in [-0.3, -0.25) is 9.59 Å². The van der Waals surface area contributed by atoms with Crippen LogP contribution in [0, 0.1) is 11.8 Å². The van der Waals surface area contributed by atoms with Crippen molar-refractivity contribution in [2.75, 3.05) is 6.54 Å². The lowest BCUT2D eigenvalue weighted by atomic mass is 9.95. The minimum absolute atomic E-state index is 0.0863. The van der Waals surface area contributed by atoms with E-state index < -0.39 is 11.9 Å². The van der Waals surface area contributed by atoms with E-state index in [1.807, 2.05) is 6.92 Å². The molecule has 2 atom stereocenters. The molecule has 1 rings (SSSR count). The van der Waals surface area contributed by atoms with Gasteiger partial charge in [0, 0.05) is 6.54 Å². The molecular weight excluding hydrogens is 182 g/mol. The lowest BCUT2D eigenvalue weighted by Crippen LogP contribution is -2.35. The highest BCUT2D eigenvalue weighted by molar-refractivity contribution is 5.85. The summed E-state index contributed by atoms with van der Waals surface area (Å²) in [6.07, 6.45) is 3.09. The fourth-order valence-corrected chi connectivity index (χ4v) is 1.95. The van der Waals surface area contributed by atoms with E-state index in [0.717, 1.165) is 12.8 Å². The minimum Gasteiger partial charge on any atom is -0.481 e. The molecule has 0 aromatic rings. The molecule has 4 nitrogen and oxygen atoms in total. The number of amides is 1. The fraction of sp³-hybridized carbons (Fsp3) is 0.800. The predicted molar refractivity (Wildman–Crippen MR) is 51.8 cm³/mol. The van der Waals surface area contributed by atoms with Crippen LogP contribution in [0.15, 0.2) is 0 Å². The number of nitrogens with one attached hydrogen (secondary N) is 1. The highest BCUT2D eigenvalue weighted by atomic mass is 16.4. The first-order valence-electron chi connectivity index (χ1n) is 5.17. The third kappa shape index (κ3) is 2.47. The molecule has 0 heterocycles. The number of carboxylic acids is 1. The topological polar surface area (TPSA) is 66.4 Å². The molecule has 0 radical (unpaired) electrons. The molecule has 2 N–H and O–H groups in total. The number of rotatable bonds is 4. The van der Waals surface area contributed by atoms with Crippen molar-refractivity contribution < 1.29 is 14.7 Å². The summed E-state index contributed by atoms with van der Waals surface area (Å²) in [6, 6.07) is 0. The van der Waals surface area contributed by atoms with Crippen molar-refractivity contribution >= 4 is 11.9 Å². The Morgan fingerprint density at radius 1 is 1.36 bits per heavy atom. The zero-order valence-electron chi connectivity index (χ0n) is 8.45. The van der Waals surface area contributed by atoms with E-state index in [2.05, 4.69) is 5.32 Å². The van der Waals surface area contributed by atoms with Crippen molar-refractivity contribution in [3.8, 4) is 0 Å². The van der Waals surface area contributed by atoms with E-state index in [9.17, 15) is 9.59 Å². The molecule has 14 heavy (non-hydrogen) atoms. The quantitative estimate of drug-likeness (QED) is 0.710. The zero-order valence-corrected chi connectivity index (χ0v) is 8.45. The third-order valence-electron chi connectivity index (χ3n) is 2.72. The second-order valence-corrected chi connectivity index (χ2v) is 3.77. The standard InChI is InChI=1S/C10H17NO3/c1-2-6-11-9(12)7-4-3-5-8(7)10(13)14/h7-8H,2-6H2,1H3,(H,11,12)(H,13,14)/t7-,8+/m1/s1. The monoisotopic (exact) mass is 199 g/mol. The Morgan fingerprint density at radius 3 is 2.57 bits per heavy atom. The number of carboxylic acid groups (broad SMARTS) is 1. The van der Waals surface area contributed by atoms with Crippen LogP contribution in [-0.4, -0.2) is 23.5 Å². The molecule has 1 amide bonds. The van der Waals surface area contributed by atoms with Crippen molar-refractivity contribution in [2.45, 2.75) is 32.6 Å². The van der Waals surface area contributed by atoms with Gasteiger partial charge in [0.25, 0.3) is 0 Å². The van der Waals surface area contributed by atoms with Crippen LogP contribution >= 0.6 is 0 Å². The van der Waals surface area contributed by atoms with E-state index in [4.69, 9.17) is 5.11 Å². The summed E-state index contributed by atoms with van der Waals surface area (Å²) in [4.78, 5) is 22.4. The molecule has 1 fully saturated rings. The Bertz CT molecular complexity index is 227. The van der Waals surface area contributed by atoms with Crippen LogP contribution in [-0.2, 0) is 9.59 Å². The molecule has 1 saturated carbocycles. The molecule has 0 saturated heterocycles. The molecule has 0 unspecified atom stereocenters. The molecule has 1 aliphatic rings. The molecule has 1 aliphatic carbocycles. The van der Waals surface area contributed by atoms with Gasteiger partial charge >= 0.3 is 5.97 Å². The van der Waals surface area contributed by atoms with Crippen LogP contribution in [0.25, 0.3) is 0 Å². The van der Waals surface area contributed by atoms with Crippen LogP contribution in [0.2, 0.25) is 0 Å². The average Bonchev–Trinajstić information content (AvgIpc) is 2.62. The Balaban J connectivity index is 2.49. The van der Waals surface area contributed by atoms with Gasteiger partial charge in [-0.2, -0.15) is 0 Å². The van der Waals surface area contributed by atoms with Gasteiger partial charge in [-0.1, -0.05) is 13.3 Å². The van der Waals surface area contributed by atoms with Crippen molar-refractivity contribution in [1.29, 1.82) is 0 Å². The summed E-state index contributed by atoms with van der Waals surface area (Å²) in [5, 5.41) is 11.6. The van der Waals surface area contributed by atoms with Crippen LogP contribution in [0.1, 0.15) is 32.6 Å². The Labute approximate surface area is 83.7 Å². The molecule has 4 heteroatoms. The molecule has 0 aromatic carbocycles. The molecule has 0 spiro atoms. The maximum absolute atomic E-state index is 11.5. The molecule has 0 bridgehead atoms. The van der Waals surface area contributed by atoms with E-state index >= 15 is 0 Å². The van der Waals surface area contributed by atoms with Gasteiger partial charge in [-0.25, -0.2) is 0 Å². The van der Waals surface area contributed by atoms with Crippen molar-refractivity contribution in [1.82, 2.24) is 5.32 Å². The molecule has 0 aliphatic heterocycles. The summed E-state index contributed by atoms with van der Waals surface area (Å²) in [5.74, 6) is -1.69. The first-order valence-corrected chi connectivity index (χ1v) is 5.17. The van der Waals surface area contributed by atoms with Crippen LogP contribution in [0.5, 0.6) is 0 Å². The van der Waals surface area contributed by atoms with Gasteiger partial charge in [0.05, 0.1) is 11.8 Å². The Kier molecular flexibility index (Phi) is 3.92. The maximum Gasteiger partial charge on any atom is 0.307 e. The third-order valence-corrected chi connectivity index (χ3v) is 2.72. The van der Waals surface area contributed by atoms with Crippen LogP contribution in [0.4, 0.5) is 0 Å². The van der Waals surface area contributed by atoms with Crippen LogP contribution in [0.3, 0.4) is 0 Å². The van der Waals surface area contributed by atoms with E-state index in [-0.39, 0.29) is 11.8 Å². The zero-order chi connectivity index (χ0) is 10.6. The van der Waals surface area contributed by atoms with Gasteiger partial charge in [0.2, 0.25) is 5.91 Å². The number of carbonyl (C=O) groups excluding carboxylic acids is 1. The highest BCUT2D eigenvalue weighted by Gasteiger charge is 2.37. The molecular formula is C10H17NO3. The second-order valence-electron chi connectivity index (χ2n) is 3.77. The SMILES string of the molecule is CCCNC(=O)[C@@H]1CCC[C@@H]1C(=O)O. The van der Waals surface area contributed by atoms with E-state index in [1.54, 1.807) is 0 Å². The van der Waals surface area contributed by atoms with Gasteiger partial charge in [-0.15, -0.1) is 0 Å². The number of hydrogen-bond donors (Lipinski definition) is 2. The van der Waals surface area contributed by atoms with Crippen molar-refractivity contribution in [3.05, 3.63) is 0 Å². The largest absolute Gasteiger partial charge is 0.481 e. The lowest BCUT2D eigenvalue weighted by Gasteiger charge is -2.14. The lowest BCUT2D eigenvalue weighted by molar-refractivity contribution is -0.146. The summed E-state index contributed by atoms with van der Waals surface area (Å²) >= 11 is 0. The van der Waals surface area contributed by atoms with Gasteiger partial charge in [0.1, 0.15) is 0 Å². The van der Waals surface area contributed by atoms with E-state index in [1.165, 1.54) is 0 Å². The second kappa shape index (κ2) is 4.98. The highest BCUT2D eigenvalue weighted by Crippen LogP contribution is 2.31. The smallest absolute Gasteiger partial charge is 0.307 e. The first kappa shape index (κ1) is 11.0. The van der Waals surface area contributed by atoms with Crippen molar-refractivity contribution in [2.24, 2.45) is 11.8 Å².